The van der Waals surface area contributed by atoms with Crippen molar-refractivity contribution < 1.29 is 8.42 Å². The normalized spacial score (nSPS) is 11.5. The van der Waals surface area contributed by atoms with E-state index in [1.807, 2.05) is 45.9 Å². The summed E-state index contributed by atoms with van der Waals surface area (Å²) in [5, 5.41) is 0.996. The molecule has 0 saturated carbocycles. The number of hydrogen-bond donors (Lipinski definition) is 1. The summed E-state index contributed by atoms with van der Waals surface area (Å²) in [7, 11) is -3.61. The van der Waals surface area contributed by atoms with Gasteiger partial charge in [-0.25, -0.2) is 13.4 Å². The summed E-state index contributed by atoms with van der Waals surface area (Å²) >= 11 is 1.61. The van der Waals surface area contributed by atoms with Crippen molar-refractivity contribution in [2.24, 2.45) is 0 Å². The van der Waals surface area contributed by atoms with Gasteiger partial charge in [0, 0.05) is 5.69 Å². The van der Waals surface area contributed by atoms with Crippen LogP contribution in [0.25, 0.3) is 10.4 Å². The molecule has 0 bridgehead atoms. The van der Waals surface area contributed by atoms with Crippen molar-refractivity contribution in [2.45, 2.75) is 32.6 Å². The van der Waals surface area contributed by atoms with Crippen molar-refractivity contribution in [2.75, 3.05) is 4.72 Å². The second-order valence-electron chi connectivity index (χ2n) is 6.15. The maximum Gasteiger partial charge on any atom is 0.261 e. The van der Waals surface area contributed by atoms with Crippen LogP contribution in [0.4, 0.5) is 5.69 Å². The van der Waals surface area contributed by atoms with Gasteiger partial charge < -0.3 is 0 Å². The molecule has 0 fully saturated rings. The van der Waals surface area contributed by atoms with E-state index in [1.165, 1.54) is 0 Å². The molecule has 6 heteroatoms. The Balaban J connectivity index is 1.98. The number of thiazole rings is 1. The highest BCUT2D eigenvalue weighted by Crippen LogP contribution is 2.32. The van der Waals surface area contributed by atoms with Gasteiger partial charge in [0.25, 0.3) is 10.0 Å². The molecule has 3 rings (SSSR count). The first-order valence-corrected chi connectivity index (χ1v) is 10.2. The van der Waals surface area contributed by atoms with E-state index in [4.69, 9.17) is 0 Å². The van der Waals surface area contributed by atoms with Crippen molar-refractivity contribution in [1.29, 1.82) is 0 Å². The molecule has 0 spiro atoms. The van der Waals surface area contributed by atoms with E-state index >= 15 is 0 Å². The smallest absolute Gasteiger partial charge is 0.261 e. The molecule has 2 aromatic carbocycles. The van der Waals surface area contributed by atoms with E-state index in [1.54, 1.807) is 35.6 Å². The van der Waals surface area contributed by atoms with E-state index in [0.717, 1.165) is 32.3 Å². The summed E-state index contributed by atoms with van der Waals surface area (Å²) in [6.45, 7) is 7.82. The summed E-state index contributed by atoms with van der Waals surface area (Å²) in [6, 6.07) is 12.6. The van der Waals surface area contributed by atoms with E-state index in [0.29, 0.717) is 5.69 Å². The molecule has 0 atom stereocenters. The van der Waals surface area contributed by atoms with Crippen LogP contribution in [0.3, 0.4) is 0 Å². The second-order valence-corrected chi connectivity index (χ2v) is 9.04. The summed E-state index contributed by atoms with van der Waals surface area (Å²) in [5.74, 6) is 0. The van der Waals surface area contributed by atoms with Crippen LogP contribution < -0.4 is 4.72 Å². The van der Waals surface area contributed by atoms with E-state index in [9.17, 15) is 8.42 Å². The van der Waals surface area contributed by atoms with Gasteiger partial charge in [0.15, 0.2) is 0 Å². The van der Waals surface area contributed by atoms with Gasteiger partial charge in [-0.2, -0.15) is 0 Å². The second kappa shape index (κ2) is 6.61. The summed E-state index contributed by atoms with van der Waals surface area (Å²) in [6.07, 6.45) is 0. The lowest BCUT2D eigenvalue weighted by Crippen LogP contribution is -2.13. The third kappa shape index (κ3) is 3.91. The van der Waals surface area contributed by atoms with Crippen LogP contribution in [-0.4, -0.2) is 13.4 Å². The lowest BCUT2D eigenvalue weighted by molar-refractivity contribution is 0.601. The Morgan fingerprint density at radius 3 is 2.20 bits per heavy atom. The van der Waals surface area contributed by atoms with Gasteiger partial charge in [-0.15, -0.1) is 11.3 Å². The summed E-state index contributed by atoms with van der Waals surface area (Å²) in [4.78, 5) is 5.78. The van der Waals surface area contributed by atoms with Crippen LogP contribution >= 0.6 is 11.3 Å². The molecule has 1 aromatic heterocycles. The van der Waals surface area contributed by atoms with E-state index in [-0.39, 0.29) is 4.90 Å². The predicted octanol–water partition coefficient (Wildman–Crippen LogP) is 4.84. The maximum atomic E-state index is 12.6. The fraction of sp³-hybridized carbons (Fsp3) is 0.211. The Morgan fingerprint density at radius 2 is 1.60 bits per heavy atom. The molecule has 0 aliphatic heterocycles. The molecule has 0 aliphatic carbocycles. The van der Waals surface area contributed by atoms with Crippen molar-refractivity contribution in [3.63, 3.8) is 0 Å². The van der Waals surface area contributed by atoms with Crippen LogP contribution in [0.1, 0.15) is 21.8 Å². The van der Waals surface area contributed by atoms with Crippen molar-refractivity contribution in [3.05, 3.63) is 64.3 Å². The number of hydrogen-bond acceptors (Lipinski definition) is 4. The van der Waals surface area contributed by atoms with Crippen molar-refractivity contribution in [1.82, 2.24) is 4.98 Å². The average molecular weight is 373 g/mol. The molecule has 130 valence electrons. The number of aryl methyl sites for hydroxylation is 4. The minimum Gasteiger partial charge on any atom is -0.280 e. The van der Waals surface area contributed by atoms with Crippen molar-refractivity contribution >= 4 is 27.0 Å². The lowest BCUT2D eigenvalue weighted by Gasteiger charge is -2.11. The molecule has 0 amide bonds. The zero-order valence-electron chi connectivity index (χ0n) is 14.6. The molecule has 0 aliphatic rings. The Morgan fingerprint density at radius 1 is 0.920 bits per heavy atom. The molecule has 0 saturated heterocycles. The monoisotopic (exact) mass is 372 g/mol. The van der Waals surface area contributed by atoms with Gasteiger partial charge in [0.2, 0.25) is 0 Å². The number of aromatic nitrogens is 1. The zero-order valence-corrected chi connectivity index (χ0v) is 16.3. The molecule has 0 radical (unpaired) electrons. The SMILES string of the molecule is Cc1ccc(S(=O)(=O)Nc2cc(C)cc(-c3sc(C)nc3C)c2)cc1. The van der Waals surface area contributed by atoms with Gasteiger partial charge >= 0.3 is 0 Å². The van der Waals surface area contributed by atoms with Gasteiger partial charge in [-0.05, 0) is 63.1 Å². The minimum absolute atomic E-state index is 0.256. The van der Waals surface area contributed by atoms with Gasteiger partial charge in [0.05, 0.1) is 20.5 Å². The Hall–Kier alpha value is -2.18. The van der Waals surface area contributed by atoms with Gasteiger partial charge in [0.1, 0.15) is 0 Å². The molecule has 0 unspecified atom stereocenters. The van der Waals surface area contributed by atoms with E-state index < -0.39 is 10.0 Å². The Bertz CT molecular complexity index is 1020. The minimum atomic E-state index is -3.61. The third-order valence-corrected chi connectivity index (χ3v) is 6.35. The zero-order chi connectivity index (χ0) is 18.2. The number of nitrogens with zero attached hydrogens (tertiary/aromatic N) is 1. The molecule has 3 aromatic rings. The summed E-state index contributed by atoms with van der Waals surface area (Å²) < 4.78 is 27.9. The predicted molar refractivity (Wildman–Crippen MR) is 104 cm³/mol. The molecule has 25 heavy (non-hydrogen) atoms. The first-order chi connectivity index (χ1) is 11.7. The maximum absolute atomic E-state index is 12.6. The number of benzene rings is 2. The third-order valence-electron chi connectivity index (χ3n) is 3.83. The van der Waals surface area contributed by atoms with Crippen LogP contribution in [0.5, 0.6) is 0 Å². The van der Waals surface area contributed by atoms with Crippen LogP contribution in [0, 0.1) is 27.7 Å². The van der Waals surface area contributed by atoms with Gasteiger partial charge in [-0.1, -0.05) is 23.8 Å². The van der Waals surface area contributed by atoms with Crippen LogP contribution in [0.2, 0.25) is 0 Å². The lowest BCUT2D eigenvalue weighted by atomic mass is 10.1. The number of sulfonamides is 1. The fourth-order valence-electron chi connectivity index (χ4n) is 2.70. The van der Waals surface area contributed by atoms with Crippen molar-refractivity contribution in [3.8, 4) is 10.4 Å². The number of anilines is 1. The molecular formula is C19H20N2O2S2. The van der Waals surface area contributed by atoms with Crippen LogP contribution in [0.15, 0.2) is 47.4 Å². The molecule has 1 heterocycles. The largest absolute Gasteiger partial charge is 0.280 e. The fourth-order valence-corrected chi connectivity index (χ4v) is 4.65. The number of rotatable bonds is 4. The molecular weight excluding hydrogens is 352 g/mol. The first kappa shape index (κ1) is 17.6. The molecule has 4 nitrogen and oxygen atoms in total. The highest BCUT2D eigenvalue weighted by Gasteiger charge is 2.15. The molecule has 1 N–H and O–H groups in total. The Kier molecular flexibility index (Phi) is 4.67. The quantitative estimate of drug-likeness (QED) is 0.712. The number of nitrogens with one attached hydrogen (secondary N) is 1. The van der Waals surface area contributed by atoms with E-state index in [2.05, 4.69) is 9.71 Å². The van der Waals surface area contributed by atoms with Gasteiger partial charge in [-0.3, -0.25) is 4.72 Å². The summed E-state index contributed by atoms with van der Waals surface area (Å²) in [5.41, 5.74) is 4.50. The topological polar surface area (TPSA) is 59.1 Å². The first-order valence-electron chi connectivity index (χ1n) is 7.90. The van der Waals surface area contributed by atoms with Crippen LogP contribution in [-0.2, 0) is 10.0 Å². The highest BCUT2D eigenvalue weighted by atomic mass is 32.2. The average Bonchev–Trinajstić information content (AvgIpc) is 2.85. The Labute approximate surface area is 152 Å². The highest BCUT2D eigenvalue weighted by molar-refractivity contribution is 7.92. The standard InChI is InChI=1S/C19H20N2O2S2/c1-12-5-7-18(8-6-12)25(22,23)21-17-10-13(2)9-16(11-17)19-14(3)20-15(4)24-19/h5-11,21H,1-4H3.